The Hall–Kier alpha value is -2.37. The molecule has 0 heterocycles. The Labute approximate surface area is 130 Å². The normalized spacial score (nSPS) is 10.2. The number of anilines is 1. The highest BCUT2D eigenvalue weighted by molar-refractivity contribution is 5.95. The van der Waals surface area contributed by atoms with Crippen molar-refractivity contribution in [3.63, 3.8) is 0 Å². The largest absolute Gasteiger partial charge is 0.462 e. The molecule has 0 fully saturated rings. The van der Waals surface area contributed by atoms with E-state index in [2.05, 4.69) is 10.6 Å². The quantitative estimate of drug-likeness (QED) is 0.754. The van der Waals surface area contributed by atoms with Crippen molar-refractivity contribution in [2.45, 2.75) is 27.2 Å². The van der Waals surface area contributed by atoms with Gasteiger partial charge in [-0.2, -0.15) is 0 Å². The van der Waals surface area contributed by atoms with Gasteiger partial charge < -0.3 is 15.4 Å². The molecule has 0 aromatic heterocycles. The van der Waals surface area contributed by atoms with Crippen LogP contribution in [0.4, 0.5) is 5.69 Å². The van der Waals surface area contributed by atoms with Gasteiger partial charge in [-0.05, 0) is 37.1 Å². The molecule has 0 aliphatic rings. The van der Waals surface area contributed by atoms with Gasteiger partial charge >= 0.3 is 5.97 Å². The zero-order valence-corrected chi connectivity index (χ0v) is 13.1. The Morgan fingerprint density at radius 1 is 1.09 bits per heavy atom. The first-order chi connectivity index (χ1) is 10.4. The average molecular weight is 306 g/mol. The topological polar surface area (TPSA) is 84.5 Å². The molecule has 22 heavy (non-hydrogen) atoms. The summed E-state index contributed by atoms with van der Waals surface area (Å²) >= 11 is 0. The fraction of sp³-hybridized carbons (Fsp3) is 0.438. The summed E-state index contributed by atoms with van der Waals surface area (Å²) in [4.78, 5) is 34.6. The van der Waals surface area contributed by atoms with Gasteiger partial charge in [0.2, 0.25) is 11.8 Å². The molecule has 0 spiro atoms. The van der Waals surface area contributed by atoms with Crippen LogP contribution in [0.15, 0.2) is 24.3 Å². The molecule has 1 aromatic carbocycles. The van der Waals surface area contributed by atoms with Crippen LogP contribution in [0, 0.1) is 5.92 Å². The maximum Gasteiger partial charge on any atom is 0.338 e. The maximum atomic E-state index is 11.7. The smallest absolute Gasteiger partial charge is 0.338 e. The Morgan fingerprint density at radius 3 is 2.27 bits per heavy atom. The van der Waals surface area contributed by atoms with Gasteiger partial charge in [0.05, 0.1) is 18.7 Å². The van der Waals surface area contributed by atoms with Crippen molar-refractivity contribution in [1.82, 2.24) is 5.32 Å². The second kappa shape index (κ2) is 8.81. The van der Waals surface area contributed by atoms with Crippen LogP contribution in [0.5, 0.6) is 0 Å². The minimum absolute atomic E-state index is 0.0782. The number of amides is 2. The highest BCUT2D eigenvalue weighted by Crippen LogP contribution is 2.10. The molecular weight excluding hydrogens is 284 g/mol. The molecule has 0 aliphatic heterocycles. The number of nitrogens with one attached hydrogen (secondary N) is 2. The number of hydrogen-bond acceptors (Lipinski definition) is 4. The third-order valence-electron chi connectivity index (χ3n) is 2.72. The number of carbonyl (C=O) groups is 3. The van der Waals surface area contributed by atoms with E-state index in [4.69, 9.17) is 4.74 Å². The number of ether oxygens (including phenoxy) is 1. The summed E-state index contributed by atoms with van der Waals surface area (Å²) in [5.41, 5.74) is 0.973. The molecular formula is C16H22N2O4. The van der Waals surface area contributed by atoms with Crippen LogP contribution in [0.1, 0.15) is 37.6 Å². The number of carbonyl (C=O) groups excluding carboxylic acids is 3. The summed E-state index contributed by atoms with van der Waals surface area (Å²) < 4.78 is 4.87. The lowest BCUT2D eigenvalue weighted by Crippen LogP contribution is -2.33. The van der Waals surface area contributed by atoms with E-state index in [1.807, 2.05) is 13.8 Å². The van der Waals surface area contributed by atoms with Gasteiger partial charge in [-0.15, -0.1) is 0 Å². The highest BCUT2D eigenvalue weighted by Gasteiger charge is 2.09. The molecule has 0 aliphatic carbocycles. The van der Waals surface area contributed by atoms with E-state index in [0.717, 1.165) is 0 Å². The Morgan fingerprint density at radius 2 is 1.73 bits per heavy atom. The first-order valence-corrected chi connectivity index (χ1v) is 7.26. The van der Waals surface area contributed by atoms with E-state index in [1.165, 1.54) is 0 Å². The molecule has 1 aromatic rings. The standard InChI is InChI=1S/C16H22N2O4/c1-4-22-16(21)12-5-7-13(8-6-12)18-15(20)10-17-14(19)9-11(2)3/h5-8,11H,4,9-10H2,1-3H3,(H,17,19)(H,18,20). The van der Waals surface area contributed by atoms with Crippen molar-refractivity contribution in [2.75, 3.05) is 18.5 Å². The predicted octanol–water partition coefficient (Wildman–Crippen LogP) is 1.96. The number of esters is 1. The minimum atomic E-state index is -0.402. The molecule has 0 saturated carbocycles. The summed E-state index contributed by atoms with van der Waals surface area (Å²) in [5.74, 6) is -0.622. The number of hydrogen-bond donors (Lipinski definition) is 2. The van der Waals surface area contributed by atoms with E-state index < -0.39 is 5.97 Å². The molecule has 2 N–H and O–H groups in total. The summed E-state index contributed by atoms with van der Waals surface area (Å²) in [6, 6.07) is 6.37. The van der Waals surface area contributed by atoms with Gasteiger partial charge in [0.1, 0.15) is 0 Å². The molecule has 0 bridgehead atoms. The molecule has 0 atom stereocenters. The van der Waals surface area contributed by atoms with E-state index in [1.54, 1.807) is 31.2 Å². The molecule has 6 nitrogen and oxygen atoms in total. The van der Waals surface area contributed by atoms with Crippen LogP contribution >= 0.6 is 0 Å². The second-order valence-electron chi connectivity index (χ2n) is 5.22. The molecule has 6 heteroatoms. The van der Waals surface area contributed by atoms with Gasteiger partial charge in [0.15, 0.2) is 0 Å². The maximum absolute atomic E-state index is 11.7. The summed E-state index contributed by atoms with van der Waals surface area (Å²) in [6.45, 7) is 5.84. The first kappa shape index (κ1) is 17.7. The van der Waals surface area contributed by atoms with E-state index in [0.29, 0.717) is 24.3 Å². The SMILES string of the molecule is CCOC(=O)c1ccc(NC(=O)CNC(=O)CC(C)C)cc1. The zero-order valence-electron chi connectivity index (χ0n) is 13.1. The van der Waals surface area contributed by atoms with Gasteiger partial charge in [0.25, 0.3) is 0 Å². The third-order valence-corrected chi connectivity index (χ3v) is 2.72. The van der Waals surface area contributed by atoms with Gasteiger partial charge in [0, 0.05) is 12.1 Å². The van der Waals surface area contributed by atoms with E-state index in [-0.39, 0.29) is 24.3 Å². The molecule has 0 unspecified atom stereocenters. The summed E-state index contributed by atoms with van der Waals surface area (Å²) in [7, 11) is 0. The third kappa shape index (κ3) is 6.39. The van der Waals surface area contributed by atoms with Crippen molar-refractivity contribution in [2.24, 2.45) is 5.92 Å². The van der Waals surface area contributed by atoms with Crippen LogP contribution in [0.2, 0.25) is 0 Å². The predicted molar refractivity (Wildman–Crippen MR) is 83.5 cm³/mol. The molecule has 120 valence electrons. The Bertz CT molecular complexity index is 523. The van der Waals surface area contributed by atoms with E-state index >= 15 is 0 Å². The molecule has 2 amide bonds. The van der Waals surface area contributed by atoms with Crippen LogP contribution in [-0.4, -0.2) is 30.9 Å². The number of rotatable bonds is 7. The van der Waals surface area contributed by atoms with Crippen molar-refractivity contribution in [3.8, 4) is 0 Å². The lowest BCUT2D eigenvalue weighted by atomic mass is 10.1. The molecule has 0 radical (unpaired) electrons. The lowest BCUT2D eigenvalue weighted by Gasteiger charge is -2.08. The molecule has 1 rings (SSSR count). The van der Waals surface area contributed by atoms with Gasteiger partial charge in [-0.25, -0.2) is 4.79 Å². The van der Waals surface area contributed by atoms with E-state index in [9.17, 15) is 14.4 Å². The highest BCUT2D eigenvalue weighted by atomic mass is 16.5. The lowest BCUT2D eigenvalue weighted by molar-refractivity contribution is -0.124. The fourth-order valence-electron chi connectivity index (χ4n) is 1.73. The second-order valence-corrected chi connectivity index (χ2v) is 5.22. The van der Waals surface area contributed by atoms with Gasteiger partial charge in [-0.1, -0.05) is 13.8 Å². The summed E-state index contributed by atoms with van der Waals surface area (Å²) in [6.07, 6.45) is 0.390. The van der Waals surface area contributed by atoms with Crippen molar-refractivity contribution in [3.05, 3.63) is 29.8 Å². The van der Waals surface area contributed by atoms with Crippen LogP contribution in [0.25, 0.3) is 0 Å². The Balaban J connectivity index is 2.45. The van der Waals surface area contributed by atoms with Crippen molar-refractivity contribution >= 4 is 23.5 Å². The van der Waals surface area contributed by atoms with Crippen LogP contribution in [-0.2, 0) is 14.3 Å². The van der Waals surface area contributed by atoms with Crippen LogP contribution < -0.4 is 10.6 Å². The average Bonchev–Trinajstić information content (AvgIpc) is 2.45. The van der Waals surface area contributed by atoms with Crippen molar-refractivity contribution in [1.29, 1.82) is 0 Å². The zero-order chi connectivity index (χ0) is 16.5. The summed E-state index contributed by atoms with van der Waals surface area (Å²) in [5, 5.41) is 5.20. The molecule has 0 saturated heterocycles. The van der Waals surface area contributed by atoms with Crippen molar-refractivity contribution < 1.29 is 19.1 Å². The monoisotopic (exact) mass is 306 g/mol. The minimum Gasteiger partial charge on any atom is -0.462 e. The number of benzene rings is 1. The van der Waals surface area contributed by atoms with Gasteiger partial charge in [-0.3, -0.25) is 9.59 Å². The van der Waals surface area contributed by atoms with Crippen LogP contribution in [0.3, 0.4) is 0 Å². The first-order valence-electron chi connectivity index (χ1n) is 7.26. The Kier molecular flexibility index (Phi) is 7.08. The fourth-order valence-corrected chi connectivity index (χ4v) is 1.73.